The van der Waals surface area contributed by atoms with Crippen molar-refractivity contribution in [1.82, 2.24) is 14.5 Å². The molecule has 1 aromatic heterocycles. The van der Waals surface area contributed by atoms with Crippen molar-refractivity contribution in [3.8, 4) is 0 Å². The number of benzene rings is 2. The first-order chi connectivity index (χ1) is 15.1. The molecular formula is C24H26N4O2S. The summed E-state index contributed by atoms with van der Waals surface area (Å²) >= 11 is 1.63. The van der Waals surface area contributed by atoms with Gasteiger partial charge in [0.15, 0.2) is 5.82 Å². The van der Waals surface area contributed by atoms with E-state index in [1.807, 2.05) is 52.1 Å². The fraction of sp³-hybridized carbons (Fsp3) is 0.375. The van der Waals surface area contributed by atoms with Crippen LogP contribution in [0.5, 0.6) is 0 Å². The number of anilines is 1. The summed E-state index contributed by atoms with van der Waals surface area (Å²) in [7, 11) is 0. The van der Waals surface area contributed by atoms with Crippen molar-refractivity contribution in [2.45, 2.75) is 49.6 Å². The summed E-state index contributed by atoms with van der Waals surface area (Å²) in [5.41, 5.74) is 2.90. The summed E-state index contributed by atoms with van der Waals surface area (Å²) in [6, 6.07) is 13.6. The maximum Gasteiger partial charge on any atom is 0.290 e. The third-order valence-corrected chi connectivity index (χ3v) is 7.10. The van der Waals surface area contributed by atoms with Gasteiger partial charge in [-0.3, -0.25) is 9.59 Å². The van der Waals surface area contributed by atoms with Gasteiger partial charge < -0.3 is 14.8 Å². The van der Waals surface area contributed by atoms with E-state index in [1.165, 1.54) is 19.3 Å². The summed E-state index contributed by atoms with van der Waals surface area (Å²) in [4.78, 5) is 33.7. The number of hydrogen-bond donors (Lipinski definition) is 1. The van der Waals surface area contributed by atoms with Crippen molar-refractivity contribution in [3.63, 3.8) is 0 Å². The first-order valence-corrected chi connectivity index (χ1v) is 12.1. The largest absolute Gasteiger partial charge is 0.331 e. The minimum atomic E-state index is -0.179. The van der Waals surface area contributed by atoms with Crippen LogP contribution in [0.4, 0.5) is 5.69 Å². The lowest BCUT2D eigenvalue weighted by Gasteiger charge is -2.36. The van der Waals surface area contributed by atoms with E-state index in [2.05, 4.69) is 10.3 Å². The summed E-state index contributed by atoms with van der Waals surface area (Å²) < 4.78 is 2.00. The predicted octanol–water partition coefficient (Wildman–Crippen LogP) is 4.80. The lowest BCUT2D eigenvalue weighted by atomic mass is 9.94. The Morgan fingerprint density at radius 2 is 1.94 bits per heavy atom. The Balaban J connectivity index is 1.40. The molecule has 0 saturated heterocycles. The molecule has 2 heterocycles. The number of aromatic nitrogens is 2. The van der Waals surface area contributed by atoms with Gasteiger partial charge in [-0.1, -0.05) is 25.3 Å². The highest BCUT2D eigenvalue weighted by atomic mass is 32.2. The number of nitrogens with zero attached hydrogens (tertiary/aromatic N) is 3. The number of imidazole rings is 1. The zero-order valence-electron chi connectivity index (χ0n) is 17.6. The molecule has 1 fully saturated rings. The van der Waals surface area contributed by atoms with Gasteiger partial charge in [0.05, 0.1) is 11.0 Å². The van der Waals surface area contributed by atoms with Gasteiger partial charge in [0, 0.05) is 35.3 Å². The van der Waals surface area contributed by atoms with Gasteiger partial charge in [-0.25, -0.2) is 4.98 Å². The molecule has 5 rings (SSSR count). The summed E-state index contributed by atoms with van der Waals surface area (Å²) in [6.07, 6.45) is 7.85. The third-order valence-electron chi connectivity index (χ3n) is 6.37. The topological polar surface area (TPSA) is 67.2 Å². The second kappa shape index (κ2) is 8.38. The van der Waals surface area contributed by atoms with Crippen LogP contribution in [0.2, 0.25) is 0 Å². The van der Waals surface area contributed by atoms with Crippen molar-refractivity contribution >= 4 is 40.3 Å². The predicted molar refractivity (Wildman–Crippen MR) is 124 cm³/mol. The Hall–Kier alpha value is -2.80. The van der Waals surface area contributed by atoms with E-state index >= 15 is 0 Å². The molecule has 0 unspecified atom stereocenters. The Labute approximate surface area is 186 Å². The normalized spacial score (nSPS) is 17.1. The van der Waals surface area contributed by atoms with Crippen LogP contribution in [-0.2, 0) is 6.54 Å². The minimum absolute atomic E-state index is 0.0224. The van der Waals surface area contributed by atoms with Crippen LogP contribution >= 0.6 is 11.8 Å². The Morgan fingerprint density at radius 3 is 2.74 bits per heavy atom. The number of amides is 2. The van der Waals surface area contributed by atoms with Crippen LogP contribution in [0, 0.1) is 0 Å². The van der Waals surface area contributed by atoms with Crippen molar-refractivity contribution in [3.05, 3.63) is 53.9 Å². The van der Waals surface area contributed by atoms with E-state index in [-0.39, 0.29) is 11.8 Å². The molecule has 31 heavy (non-hydrogen) atoms. The summed E-state index contributed by atoms with van der Waals surface area (Å²) in [5.74, 6) is 0.340. The smallest absolute Gasteiger partial charge is 0.290 e. The Bertz CT molecular complexity index is 1150. The highest BCUT2D eigenvalue weighted by molar-refractivity contribution is 7.98. The zero-order chi connectivity index (χ0) is 21.4. The van der Waals surface area contributed by atoms with E-state index in [4.69, 9.17) is 0 Å². The van der Waals surface area contributed by atoms with Crippen LogP contribution < -0.4 is 5.32 Å². The fourth-order valence-corrected chi connectivity index (χ4v) is 5.20. The molecule has 2 aliphatic rings. The maximum absolute atomic E-state index is 13.2. The average Bonchev–Trinajstić information content (AvgIpc) is 3.19. The molecule has 1 aliphatic carbocycles. The molecule has 0 spiro atoms. The quantitative estimate of drug-likeness (QED) is 0.599. The van der Waals surface area contributed by atoms with Crippen molar-refractivity contribution in [1.29, 1.82) is 0 Å². The van der Waals surface area contributed by atoms with Crippen LogP contribution in [0.15, 0.2) is 47.4 Å². The molecule has 0 radical (unpaired) electrons. The average molecular weight is 435 g/mol. The number of hydrogen-bond acceptors (Lipinski definition) is 4. The van der Waals surface area contributed by atoms with E-state index in [0.29, 0.717) is 22.9 Å². The molecule has 160 valence electrons. The van der Waals surface area contributed by atoms with Gasteiger partial charge >= 0.3 is 0 Å². The van der Waals surface area contributed by atoms with Crippen molar-refractivity contribution in [2.75, 3.05) is 18.1 Å². The molecule has 1 N–H and O–H groups in total. The third kappa shape index (κ3) is 3.82. The highest BCUT2D eigenvalue weighted by Gasteiger charge is 2.33. The number of carbonyl (C=O) groups is 2. The maximum atomic E-state index is 13.2. The molecule has 6 nitrogen and oxygen atoms in total. The van der Waals surface area contributed by atoms with Crippen molar-refractivity contribution in [2.24, 2.45) is 0 Å². The number of fused-ring (bicyclic) bond motifs is 3. The molecule has 0 atom stereocenters. The van der Waals surface area contributed by atoms with Crippen LogP contribution in [-0.4, -0.2) is 45.1 Å². The van der Waals surface area contributed by atoms with Gasteiger partial charge in [0.25, 0.3) is 11.8 Å². The van der Waals surface area contributed by atoms with E-state index in [9.17, 15) is 9.59 Å². The lowest BCUT2D eigenvalue weighted by molar-refractivity contribution is 0.0566. The second-order valence-corrected chi connectivity index (χ2v) is 9.15. The standard InChI is InChI=1S/C24H26N4O2S/c1-31-19-9-5-6-17(15-19)25-23(29)16-10-11-21-20(14-16)26-22-24(30)27(12-13-28(21)22)18-7-3-2-4-8-18/h5-6,9-11,14-15,18H,2-4,7-8,12-13H2,1H3,(H,25,29). The lowest BCUT2D eigenvalue weighted by Crippen LogP contribution is -2.47. The molecule has 3 aromatic rings. The summed E-state index contributed by atoms with van der Waals surface area (Å²) in [6.45, 7) is 1.48. The van der Waals surface area contributed by atoms with Gasteiger partial charge in [0.2, 0.25) is 0 Å². The Kier molecular flexibility index (Phi) is 5.44. The molecule has 0 bridgehead atoms. The van der Waals surface area contributed by atoms with Crippen LogP contribution in [0.25, 0.3) is 11.0 Å². The van der Waals surface area contributed by atoms with Gasteiger partial charge in [0.1, 0.15) is 0 Å². The van der Waals surface area contributed by atoms with Crippen molar-refractivity contribution < 1.29 is 9.59 Å². The van der Waals surface area contributed by atoms with E-state index < -0.39 is 0 Å². The molecule has 1 aliphatic heterocycles. The zero-order valence-corrected chi connectivity index (χ0v) is 18.5. The van der Waals surface area contributed by atoms with Crippen LogP contribution in [0.3, 0.4) is 0 Å². The highest BCUT2D eigenvalue weighted by Crippen LogP contribution is 2.28. The van der Waals surface area contributed by atoms with Crippen LogP contribution in [0.1, 0.15) is 53.1 Å². The second-order valence-electron chi connectivity index (χ2n) is 8.27. The van der Waals surface area contributed by atoms with Gasteiger partial charge in [-0.05, 0) is 55.5 Å². The number of thioether (sulfide) groups is 1. The molecule has 1 saturated carbocycles. The van der Waals surface area contributed by atoms with E-state index in [0.717, 1.165) is 42.0 Å². The SMILES string of the molecule is CSc1cccc(NC(=O)c2ccc3c(c2)nc2n3CCN(C3CCCCC3)C2=O)c1. The first kappa shape index (κ1) is 20.1. The molecule has 2 amide bonds. The van der Waals surface area contributed by atoms with E-state index in [1.54, 1.807) is 17.8 Å². The van der Waals surface area contributed by atoms with Gasteiger partial charge in [-0.15, -0.1) is 11.8 Å². The fourth-order valence-electron chi connectivity index (χ4n) is 4.74. The Morgan fingerprint density at radius 1 is 1.10 bits per heavy atom. The monoisotopic (exact) mass is 434 g/mol. The number of rotatable bonds is 4. The minimum Gasteiger partial charge on any atom is -0.331 e. The first-order valence-electron chi connectivity index (χ1n) is 10.9. The molecule has 7 heteroatoms. The summed E-state index contributed by atoms with van der Waals surface area (Å²) in [5, 5.41) is 2.96. The van der Waals surface area contributed by atoms with Gasteiger partial charge in [-0.2, -0.15) is 0 Å². The molecule has 2 aromatic carbocycles. The number of carbonyl (C=O) groups excluding carboxylic acids is 2. The number of nitrogens with one attached hydrogen (secondary N) is 1. The molecular weight excluding hydrogens is 408 g/mol.